The van der Waals surface area contributed by atoms with Crippen LogP contribution in [0, 0.1) is 5.92 Å². The van der Waals surface area contributed by atoms with Gasteiger partial charge in [0.1, 0.15) is 0 Å². The molecule has 0 radical (unpaired) electrons. The maximum absolute atomic E-state index is 11.2. The van der Waals surface area contributed by atoms with Crippen molar-refractivity contribution >= 4 is 25.6 Å². The number of carboxylic acid groups (broad SMARTS) is 3. The van der Waals surface area contributed by atoms with Crippen LogP contribution in [0.5, 0.6) is 0 Å². The number of hydrogen-bond acceptors (Lipinski definition) is 3. The van der Waals surface area contributed by atoms with Crippen molar-refractivity contribution in [1.82, 2.24) is 0 Å². The van der Waals surface area contributed by atoms with Gasteiger partial charge in [0.2, 0.25) is 0 Å². The van der Waals surface area contributed by atoms with E-state index in [9.17, 15) is 14.4 Å². The zero-order chi connectivity index (χ0) is 13.7. The van der Waals surface area contributed by atoms with Gasteiger partial charge >= 0.3 is 17.6 Å². The Balaban J connectivity index is 2.93. The van der Waals surface area contributed by atoms with Crippen molar-refractivity contribution in [2.45, 2.75) is 37.8 Å². The van der Waals surface area contributed by atoms with Gasteiger partial charge in [-0.1, -0.05) is 12.8 Å². The zero-order valence-corrected chi connectivity index (χ0v) is 10.8. The van der Waals surface area contributed by atoms with Crippen LogP contribution in [-0.4, -0.2) is 44.8 Å². The molecular weight excluding hydrogens is 259 g/mol. The maximum atomic E-state index is 11.2. The minimum absolute atomic E-state index is 0.0668. The molecule has 0 aromatic carbocycles. The van der Waals surface area contributed by atoms with Crippen molar-refractivity contribution in [3.05, 3.63) is 0 Å². The van der Waals surface area contributed by atoms with Crippen LogP contribution in [0.3, 0.4) is 0 Å². The highest BCUT2D eigenvalue weighted by Gasteiger charge is 2.37. The van der Waals surface area contributed by atoms with Gasteiger partial charge in [-0.2, -0.15) is 0 Å². The van der Waals surface area contributed by atoms with Gasteiger partial charge in [-0.25, -0.2) is 4.79 Å². The fourth-order valence-electron chi connectivity index (χ4n) is 2.21. The molecule has 0 aromatic rings. The Kier molecular flexibility index (Phi) is 5.54. The molecule has 0 aliphatic carbocycles. The lowest BCUT2D eigenvalue weighted by Gasteiger charge is -2.21. The van der Waals surface area contributed by atoms with Crippen LogP contribution in [0.1, 0.15) is 32.1 Å². The Morgan fingerprint density at radius 3 is 2.11 bits per heavy atom. The van der Waals surface area contributed by atoms with Gasteiger partial charge in [0, 0.05) is 7.92 Å². The van der Waals surface area contributed by atoms with Crippen LogP contribution in [0.25, 0.3) is 0 Å². The monoisotopic (exact) mass is 276 g/mol. The molecule has 6 nitrogen and oxygen atoms in total. The van der Waals surface area contributed by atoms with Crippen molar-refractivity contribution in [2.24, 2.45) is 5.92 Å². The Morgan fingerprint density at radius 2 is 1.61 bits per heavy atom. The van der Waals surface area contributed by atoms with E-state index in [0.717, 1.165) is 6.42 Å². The highest BCUT2D eigenvalue weighted by Crippen LogP contribution is 2.47. The van der Waals surface area contributed by atoms with Gasteiger partial charge in [0.15, 0.2) is 0 Å². The molecule has 1 fully saturated rings. The second-order valence-corrected chi connectivity index (χ2v) is 6.84. The average Bonchev–Trinajstić information content (AvgIpc) is 2.37. The van der Waals surface area contributed by atoms with Crippen LogP contribution >= 0.6 is 7.92 Å². The van der Waals surface area contributed by atoms with E-state index in [2.05, 4.69) is 0 Å². The Hall–Kier alpha value is -1.16. The summed E-state index contributed by atoms with van der Waals surface area (Å²) in [5, 5.41) is 27.3. The largest absolute Gasteiger partial charge is 0.481 e. The third-order valence-electron chi connectivity index (χ3n) is 3.22. The van der Waals surface area contributed by atoms with Crippen LogP contribution in [0.2, 0.25) is 0 Å². The maximum Gasteiger partial charge on any atom is 0.324 e. The first-order valence-corrected chi connectivity index (χ1v) is 7.48. The minimum Gasteiger partial charge on any atom is -0.481 e. The number of aliphatic carboxylic acids is 2. The second kappa shape index (κ2) is 6.69. The van der Waals surface area contributed by atoms with E-state index in [-0.39, 0.29) is 6.42 Å². The molecule has 3 unspecified atom stereocenters. The molecule has 18 heavy (non-hydrogen) atoms. The lowest BCUT2D eigenvalue weighted by molar-refractivity contribution is -0.143. The minimum atomic E-state index is -1.69. The molecule has 7 heteroatoms. The number of rotatable bonds is 3. The smallest absolute Gasteiger partial charge is 0.324 e. The highest BCUT2D eigenvalue weighted by atomic mass is 31.1. The Morgan fingerprint density at radius 1 is 0.944 bits per heavy atom. The van der Waals surface area contributed by atoms with Crippen molar-refractivity contribution in [2.75, 3.05) is 6.16 Å². The molecule has 0 saturated carbocycles. The van der Waals surface area contributed by atoms with Crippen LogP contribution < -0.4 is 0 Å². The first-order valence-electron chi connectivity index (χ1n) is 5.88. The lowest BCUT2D eigenvalue weighted by Crippen LogP contribution is -2.27. The summed E-state index contributed by atoms with van der Waals surface area (Å²) in [5.41, 5.74) is -2.12. The van der Waals surface area contributed by atoms with E-state index in [0.29, 0.717) is 25.4 Å². The molecule has 1 aliphatic heterocycles. The van der Waals surface area contributed by atoms with Crippen molar-refractivity contribution in [3.8, 4) is 0 Å². The topological polar surface area (TPSA) is 112 Å². The normalized spacial score (nSPS) is 29.7. The SMILES string of the molecule is O=C(O)C1CCCCCP(C(=O)O)C(C(=O)O)C1. The molecule has 3 atom stereocenters. The van der Waals surface area contributed by atoms with Crippen LogP contribution in [0.4, 0.5) is 4.79 Å². The van der Waals surface area contributed by atoms with Gasteiger partial charge in [0.25, 0.3) is 0 Å². The quantitative estimate of drug-likeness (QED) is 0.681. The van der Waals surface area contributed by atoms with Crippen molar-refractivity contribution in [3.63, 3.8) is 0 Å². The molecule has 0 aromatic heterocycles. The Labute approximate surface area is 106 Å². The fraction of sp³-hybridized carbons (Fsp3) is 0.727. The lowest BCUT2D eigenvalue weighted by atomic mass is 9.96. The summed E-state index contributed by atoms with van der Waals surface area (Å²) in [7, 11) is -1.69. The predicted octanol–water partition coefficient (Wildman–Crippen LogP) is 2.26. The molecule has 0 amide bonds. The van der Waals surface area contributed by atoms with Crippen molar-refractivity contribution < 1.29 is 29.7 Å². The van der Waals surface area contributed by atoms with Gasteiger partial charge in [0.05, 0.1) is 11.6 Å². The first-order chi connectivity index (χ1) is 8.43. The first kappa shape index (κ1) is 14.9. The molecule has 1 saturated heterocycles. The highest BCUT2D eigenvalue weighted by molar-refractivity contribution is 7.75. The van der Waals surface area contributed by atoms with Gasteiger partial charge in [-0.05, 0) is 25.4 Å². The average molecular weight is 276 g/mol. The van der Waals surface area contributed by atoms with E-state index in [1.807, 2.05) is 0 Å². The molecule has 102 valence electrons. The van der Waals surface area contributed by atoms with Crippen molar-refractivity contribution in [1.29, 1.82) is 0 Å². The number of hydrogen-bond donors (Lipinski definition) is 3. The summed E-state index contributed by atoms with van der Waals surface area (Å²) >= 11 is 0. The summed E-state index contributed by atoms with van der Waals surface area (Å²) in [6, 6.07) is 0. The van der Waals surface area contributed by atoms with Gasteiger partial charge < -0.3 is 15.3 Å². The van der Waals surface area contributed by atoms with E-state index in [1.54, 1.807) is 0 Å². The van der Waals surface area contributed by atoms with Crippen LogP contribution in [0.15, 0.2) is 0 Å². The molecule has 3 N–H and O–H groups in total. The van der Waals surface area contributed by atoms with Gasteiger partial charge in [-0.3, -0.25) is 9.59 Å². The van der Waals surface area contributed by atoms with Gasteiger partial charge in [-0.15, -0.1) is 0 Å². The summed E-state index contributed by atoms with van der Waals surface area (Å²) in [4.78, 5) is 33.4. The zero-order valence-electron chi connectivity index (χ0n) is 9.91. The number of carboxylic acids is 2. The Bertz CT molecular complexity index is 342. The molecule has 0 spiro atoms. The summed E-state index contributed by atoms with van der Waals surface area (Å²) in [6.45, 7) is 0. The molecular formula is C11H17O6P. The standard InChI is InChI=1S/C11H17O6P/c12-9(13)7-4-2-1-3-5-18(11(16)17)8(6-7)10(14)15/h7-8H,1-6H2,(H,12,13)(H,14,15)(H,16,17). The molecule has 1 heterocycles. The third-order valence-corrected chi connectivity index (χ3v) is 5.69. The predicted molar refractivity (Wildman–Crippen MR) is 65.4 cm³/mol. The summed E-state index contributed by atoms with van der Waals surface area (Å²) in [5.74, 6) is -2.95. The van der Waals surface area contributed by atoms with E-state index < -0.39 is 37.1 Å². The van der Waals surface area contributed by atoms with E-state index >= 15 is 0 Å². The summed E-state index contributed by atoms with van der Waals surface area (Å²) < 4.78 is 0. The van der Waals surface area contributed by atoms with E-state index in [4.69, 9.17) is 15.3 Å². The molecule has 1 rings (SSSR count). The number of carbonyl (C=O) groups is 3. The fourth-order valence-corrected chi connectivity index (χ4v) is 4.32. The molecule has 1 aliphatic rings. The molecule has 0 bridgehead atoms. The van der Waals surface area contributed by atoms with E-state index in [1.165, 1.54) is 0 Å². The second-order valence-electron chi connectivity index (χ2n) is 4.45. The summed E-state index contributed by atoms with van der Waals surface area (Å²) in [6.07, 6.45) is 2.88. The third kappa shape index (κ3) is 3.95. The van der Waals surface area contributed by atoms with Crippen LogP contribution in [-0.2, 0) is 9.59 Å².